The maximum atomic E-state index is 12.6. The monoisotopic (exact) mass is 396 g/mol. The number of carbonyl (C=O) groups excluding carboxylic acids is 1. The molecular formula is C22H21ClN2O3. The van der Waals surface area contributed by atoms with Gasteiger partial charge < -0.3 is 14.8 Å². The summed E-state index contributed by atoms with van der Waals surface area (Å²) < 4.78 is 11.2. The fourth-order valence-corrected chi connectivity index (χ4v) is 2.88. The molecule has 0 aliphatic carbocycles. The van der Waals surface area contributed by atoms with Gasteiger partial charge in [-0.1, -0.05) is 35.9 Å². The molecule has 5 nitrogen and oxygen atoms in total. The Morgan fingerprint density at radius 2 is 1.96 bits per heavy atom. The van der Waals surface area contributed by atoms with Gasteiger partial charge >= 0.3 is 0 Å². The largest absolute Gasteiger partial charge is 0.493 e. The molecule has 28 heavy (non-hydrogen) atoms. The van der Waals surface area contributed by atoms with Crippen molar-refractivity contribution in [2.24, 2.45) is 0 Å². The molecule has 2 aromatic carbocycles. The first-order valence-electron chi connectivity index (χ1n) is 8.83. The van der Waals surface area contributed by atoms with Crippen LogP contribution < -0.4 is 14.8 Å². The fraction of sp³-hybridized carbons (Fsp3) is 0.182. The van der Waals surface area contributed by atoms with Gasteiger partial charge in [-0.05, 0) is 42.8 Å². The van der Waals surface area contributed by atoms with Crippen molar-refractivity contribution in [1.29, 1.82) is 0 Å². The van der Waals surface area contributed by atoms with Crippen molar-refractivity contribution < 1.29 is 14.3 Å². The molecule has 1 N–H and O–H groups in total. The van der Waals surface area contributed by atoms with Crippen LogP contribution in [-0.2, 0) is 6.61 Å². The number of halogens is 1. The summed E-state index contributed by atoms with van der Waals surface area (Å²) in [5.74, 6) is 0.820. The number of ether oxygens (including phenoxy) is 2. The first-order valence-corrected chi connectivity index (χ1v) is 9.21. The zero-order valence-electron chi connectivity index (χ0n) is 15.7. The van der Waals surface area contributed by atoms with Crippen LogP contribution in [0.1, 0.15) is 34.5 Å². The van der Waals surface area contributed by atoms with Crippen molar-refractivity contribution in [2.45, 2.75) is 19.6 Å². The van der Waals surface area contributed by atoms with Gasteiger partial charge in [0, 0.05) is 28.5 Å². The van der Waals surface area contributed by atoms with Crippen LogP contribution in [0.5, 0.6) is 11.5 Å². The lowest BCUT2D eigenvalue weighted by molar-refractivity contribution is 0.0939. The van der Waals surface area contributed by atoms with Gasteiger partial charge in [0.15, 0.2) is 11.5 Å². The molecule has 0 aliphatic heterocycles. The number of amides is 1. The fourth-order valence-electron chi connectivity index (χ4n) is 2.69. The highest BCUT2D eigenvalue weighted by atomic mass is 35.5. The van der Waals surface area contributed by atoms with Crippen molar-refractivity contribution in [2.75, 3.05) is 7.11 Å². The zero-order valence-corrected chi connectivity index (χ0v) is 16.4. The molecule has 0 aliphatic rings. The molecule has 0 radical (unpaired) electrons. The predicted molar refractivity (Wildman–Crippen MR) is 109 cm³/mol. The third kappa shape index (κ3) is 4.81. The Labute approximate surface area is 169 Å². The molecule has 1 heterocycles. The number of benzene rings is 2. The molecule has 1 amide bonds. The lowest BCUT2D eigenvalue weighted by Gasteiger charge is -2.16. The topological polar surface area (TPSA) is 60.5 Å². The third-order valence-electron chi connectivity index (χ3n) is 4.30. The summed E-state index contributed by atoms with van der Waals surface area (Å²) in [4.78, 5) is 16.7. The SMILES string of the molecule is COc1cc(C(=O)N[C@@H](C)c2cccnc2)ccc1OCc1ccccc1Cl. The van der Waals surface area contributed by atoms with E-state index in [1.807, 2.05) is 43.3 Å². The van der Waals surface area contributed by atoms with Gasteiger partial charge in [0.25, 0.3) is 5.91 Å². The van der Waals surface area contributed by atoms with Gasteiger partial charge in [-0.3, -0.25) is 9.78 Å². The number of pyridine rings is 1. The van der Waals surface area contributed by atoms with Crippen LogP contribution in [0, 0.1) is 0 Å². The molecular weight excluding hydrogens is 376 g/mol. The van der Waals surface area contributed by atoms with Gasteiger partial charge in [0.05, 0.1) is 13.2 Å². The second-order valence-corrected chi connectivity index (χ2v) is 6.63. The molecule has 1 atom stereocenters. The van der Waals surface area contributed by atoms with E-state index in [0.29, 0.717) is 28.7 Å². The Kier molecular flexibility index (Phi) is 6.50. The van der Waals surface area contributed by atoms with E-state index in [1.54, 1.807) is 30.6 Å². The Hall–Kier alpha value is -3.05. The highest BCUT2D eigenvalue weighted by molar-refractivity contribution is 6.31. The Morgan fingerprint density at radius 3 is 2.68 bits per heavy atom. The quantitative estimate of drug-likeness (QED) is 0.622. The van der Waals surface area contributed by atoms with E-state index in [9.17, 15) is 4.79 Å². The summed E-state index contributed by atoms with van der Waals surface area (Å²) in [5, 5.41) is 3.60. The van der Waals surface area contributed by atoms with E-state index in [0.717, 1.165) is 11.1 Å². The van der Waals surface area contributed by atoms with Gasteiger partial charge in [-0.15, -0.1) is 0 Å². The first kappa shape index (κ1) is 19.7. The maximum absolute atomic E-state index is 12.6. The summed E-state index contributed by atoms with van der Waals surface area (Å²) in [6.07, 6.45) is 3.43. The van der Waals surface area contributed by atoms with E-state index in [-0.39, 0.29) is 11.9 Å². The number of aromatic nitrogens is 1. The second kappa shape index (κ2) is 9.24. The van der Waals surface area contributed by atoms with E-state index >= 15 is 0 Å². The smallest absolute Gasteiger partial charge is 0.251 e. The summed E-state index contributed by atoms with van der Waals surface area (Å²) in [6, 6.07) is 16.2. The Morgan fingerprint density at radius 1 is 1.14 bits per heavy atom. The van der Waals surface area contributed by atoms with Crippen molar-refractivity contribution >= 4 is 17.5 Å². The van der Waals surface area contributed by atoms with Crippen molar-refractivity contribution in [3.63, 3.8) is 0 Å². The van der Waals surface area contributed by atoms with Gasteiger partial charge in [-0.2, -0.15) is 0 Å². The molecule has 0 spiro atoms. The van der Waals surface area contributed by atoms with Crippen molar-refractivity contribution in [3.8, 4) is 11.5 Å². The summed E-state index contributed by atoms with van der Waals surface area (Å²) in [5.41, 5.74) is 2.29. The molecule has 3 aromatic rings. The average Bonchev–Trinajstić information content (AvgIpc) is 2.73. The molecule has 0 fully saturated rings. The number of hydrogen-bond acceptors (Lipinski definition) is 4. The van der Waals surface area contributed by atoms with Crippen molar-refractivity contribution in [3.05, 3.63) is 88.7 Å². The van der Waals surface area contributed by atoms with E-state index < -0.39 is 0 Å². The lowest BCUT2D eigenvalue weighted by Crippen LogP contribution is -2.26. The summed E-state index contributed by atoms with van der Waals surface area (Å²) in [7, 11) is 1.54. The van der Waals surface area contributed by atoms with E-state index in [4.69, 9.17) is 21.1 Å². The average molecular weight is 397 g/mol. The summed E-state index contributed by atoms with van der Waals surface area (Å²) in [6.45, 7) is 2.22. The molecule has 3 rings (SSSR count). The Bertz CT molecular complexity index is 948. The van der Waals surface area contributed by atoms with Crippen LogP contribution in [0.2, 0.25) is 5.02 Å². The normalized spacial score (nSPS) is 11.5. The molecule has 0 unspecified atom stereocenters. The van der Waals surface area contributed by atoms with Gasteiger partial charge in [0.2, 0.25) is 0 Å². The number of nitrogens with one attached hydrogen (secondary N) is 1. The highest BCUT2D eigenvalue weighted by Gasteiger charge is 2.15. The van der Waals surface area contributed by atoms with Crippen LogP contribution in [0.4, 0.5) is 0 Å². The Balaban J connectivity index is 1.70. The molecule has 1 aromatic heterocycles. The van der Waals surface area contributed by atoms with Crippen LogP contribution in [0.15, 0.2) is 67.0 Å². The highest BCUT2D eigenvalue weighted by Crippen LogP contribution is 2.30. The van der Waals surface area contributed by atoms with Gasteiger partial charge in [-0.25, -0.2) is 0 Å². The zero-order chi connectivity index (χ0) is 19.9. The van der Waals surface area contributed by atoms with Crippen molar-refractivity contribution in [1.82, 2.24) is 10.3 Å². The second-order valence-electron chi connectivity index (χ2n) is 6.23. The van der Waals surface area contributed by atoms with Crippen LogP contribution in [-0.4, -0.2) is 18.0 Å². The summed E-state index contributed by atoms with van der Waals surface area (Å²) >= 11 is 6.16. The van der Waals surface area contributed by atoms with Crippen LogP contribution in [0.25, 0.3) is 0 Å². The number of methoxy groups -OCH3 is 1. The molecule has 6 heteroatoms. The molecule has 0 saturated heterocycles. The third-order valence-corrected chi connectivity index (χ3v) is 4.67. The van der Waals surface area contributed by atoms with E-state index in [2.05, 4.69) is 10.3 Å². The minimum atomic E-state index is -0.202. The van der Waals surface area contributed by atoms with Crippen LogP contribution in [0.3, 0.4) is 0 Å². The van der Waals surface area contributed by atoms with E-state index in [1.165, 1.54) is 7.11 Å². The number of hydrogen-bond donors (Lipinski definition) is 1. The number of rotatable bonds is 7. The molecule has 0 saturated carbocycles. The molecule has 0 bridgehead atoms. The number of carbonyl (C=O) groups is 1. The van der Waals surface area contributed by atoms with Gasteiger partial charge in [0.1, 0.15) is 6.61 Å². The molecule has 144 valence electrons. The standard InChI is InChI=1S/C22H21ClN2O3/c1-15(17-7-5-11-24-13-17)25-22(26)16-9-10-20(21(12-16)27-2)28-14-18-6-3-4-8-19(18)23/h3-13,15H,14H2,1-2H3,(H,25,26)/t15-/m0/s1. The van der Waals surface area contributed by atoms with Crippen LogP contribution >= 0.6 is 11.6 Å². The minimum absolute atomic E-state index is 0.164. The predicted octanol–water partition coefficient (Wildman–Crippen LogP) is 4.81. The number of nitrogens with zero attached hydrogens (tertiary/aromatic N) is 1. The maximum Gasteiger partial charge on any atom is 0.251 e. The minimum Gasteiger partial charge on any atom is -0.493 e. The first-order chi connectivity index (χ1) is 13.6. The lowest BCUT2D eigenvalue weighted by atomic mass is 10.1.